The minimum atomic E-state index is -0.418. The number of anilines is 1. The number of carbonyl (C=O) groups is 2. The van der Waals surface area contributed by atoms with E-state index in [1.807, 2.05) is 24.3 Å². The van der Waals surface area contributed by atoms with E-state index in [2.05, 4.69) is 31.8 Å². The minimum Gasteiger partial charge on any atom is -0.322 e. The standard InChI is InChI=1S/C21H15BrFN3O2/c22-17-5-1-3-14(11-17)13-24-26-21(28)16-4-2-6-19(12-16)25-20(27)15-7-9-18(23)10-8-15/h1-13H,(H,25,27)(H,26,28)/b24-13+. The quantitative estimate of drug-likeness (QED) is 0.450. The Morgan fingerprint density at radius 1 is 0.893 bits per heavy atom. The van der Waals surface area contributed by atoms with Gasteiger partial charge < -0.3 is 5.32 Å². The Bertz CT molecular complexity index is 1040. The summed E-state index contributed by atoms with van der Waals surface area (Å²) in [6.07, 6.45) is 1.53. The van der Waals surface area contributed by atoms with Crippen molar-refractivity contribution in [1.82, 2.24) is 5.43 Å². The van der Waals surface area contributed by atoms with Gasteiger partial charge in [0, 0.05) is 21.3 Å². The van der Waals surface area contributed by atoms with Gasteiger partial charge in [-0.1, -0.05) is 34.1 Å². The molecule has 0 unspecified atom stereocenters. The molecule has 0 aliphatic carbocycles. The molecule has 0 aliphatic rings. The molecule has 3 rings (SSSR count). The number of halogens is 2. The summed E-state index contributed by atoms with van der Waals surface area (Å²) in [5.74, 6) is -1.23. The molecule has 0 saturated carbocycles. The van der Waals surface area contributed by atoms with E-state index < -0.39 is 17.6 Å². The topological polar surface area (TPSA) is 70.6 Å². The SMILES string of the molecule is O=C(N/N=C/c1cccc(Br)c1)c1cccc(NC(=O)c2ccc(F)cc2)c1. The molecule has 28 heavy (non-hydrogen) atoms. The first kappa shape index (κ1) is 19.4. The van der Waals surface area contributed by atoms with Crippen LogP contribution in [0, 0.1) is 5.82 Å². The van der Waals surface area contributed by atoms with Gasteiger partial charge in [-0.05, 0) is 60.2 Å². The fourth-order valence-corrected chi connectivity index (χ4v) is 2.78. The van der Waals surface area contributed by atoms with Crippen LogP contribution in [0.15, 0.2) is 82.4 Å². The summed E-state index contributed by atoms with van der Waals surface area (Å²) in [5, 5.41) is 6.61. The van der Waals surface area contributed by atoms with Gasteiger partial charge in [0.15, 0.2) is 0 Å². The lowest BCUT2D eigenvalue weighted by molar-refractivity contribution is 0.0953. The summed E-state index contributed by atoms with van der Waals surface area (Å²) in [7, 11) is 0. The average Bonchev–Trinajstić information content (AvgIpc) is 2.68. The Hall–Kier alpha value is -3.32. The van der Waals surface area contributed by atoms with Crippen molar-refractivity contribution in [3.05, 3.63) is 99.8 Å². The normalized spacial score (nSPS) is 10.6. The van der Waals surface area contributed by atoms with E-state index in [1.165, 1.54) is 36.5 Å². The lowest BCUT2D eigenvalue weighted by Gasteiger charge is -2.07. The maximum Gasteiger partial charge on any atom is 0.271 e. The highest BCUT2D eigenvalue weighted by Gasteiger charge is 2.09. The number of carbonyl (C=O) groups excluding carboxylic acids is 2. The largest absolute Gasteiger partial charge is 0.322 e. The Kier molecular flexibility index (Phi) is 6.29. The molecule has 0 saturated heterocycles. The molecule has 2 N–H and O–H groups in total. The molecule has 0 spiro atoms. The van der Waals surface area contributed by atoms with E-state index in [4.69, 9.17) is 0 Å². The first-order valence-electron chi connectivity index (χ1n) is 8.27. The molecule has 0 bridgehead atoms. The van der Waals surface area contributed by atoms with Gasteiger partial charge in [-0.2, -0.15) is 5.10 Å². The highest BCUT2D eigenvalue weighted by molar-refractivity contribution is 9.10. The van der Waals surface area contributed by atoms with Crippen molar-refractivity contribution >= 4 is 39.6 Å². The molecule has 0 heterocycles. The fraction of sp³-hybridized carbons (Fsp3) is 0. The van der Waals surface area contributed by atoms with E-state index in [1.54, 1.807) is 18.2 Å². The third-order valence-corrected chi connectivity index (χ3v) is 4.21. The van der Waals surface area contributed by atoms with E-state index in [-0.39, 0.29) is 0 Å². The highest BCUT2D eigenvalue weighted by atomic mass is 79.9. The molecular weight excluding hydrogens is 425 g/mol. The number of benzene rings is 3. The van der Waals surface area contributed by atoms with Crippen LogP contribution in [-0.4, -0.2) is 18.0 Å². The lowest BCUT2D eigenvalue weighted by atomic mass is 10.1. The second-order valence-electron chi connectivity index (χ2n) is 5.80. The molecule has 2 amide bonds. The van der Waals surface area contributed by atoms with Crippen molar-refractivity contribution in [1.29, 1.82) is 0 Å². The second kappa shape index (κ2) is 9.05. The molecule has 0 aromatic heterocycles. The van der Waals surface area contributed by atoms with E-state index >= 15 is 0 Å². The van der Waals surface area contributed by atoms with E-state index in [0.29, 0.717) is 16.8 Å². The van der Waals surface area contributed by atoms with Crippen LogP contribution in [-0.2, 0) is 0 Å². The van der Waals surface area contributed by atoms with Crippen LogP contribution in [0.25, 0.3) is 0 Å². The first-order valence-corrected chi connectivity index (χ1v) is 9.06. The van der Waals surface area contributed by atoms with Gasteiger partial charge in [-0.3, -0.25) is 9.59 Å². The minimum absolute atomic E-state index is 0.315. The van der Waals surface area contributed by atoms with Crippen LogP contribution in [0.4, 0.5) is 10.1 Å². The first-order chi connectivity index (χ1) is 13.5. The van der Waals surface area contributed by atoms with Crippen molar-refractivity contribution < 1.29 is 14.0 Å². The number of nitrogens with zero attached hydrogens (tertiary/aromatic N) is 1. The predicted molar refractivity (Wildman–Crippen MR) is 110 cm³/mol. The highest BCUT2D eigenvalue weighted by Crippen LogP contribution is 2.13. The van der Waals surface area contributed by atoms with E-state index in [9.17, 15) is 14.0 Å². The average molecular weight is 440 g/mol. The maximum absolute atomic E-state index is 13.0. The van der Waals surface area contributed by atoms with Crippen LogP contribution in [0.5, 0.6) is 0 Å². The summed E-state index contributed by atoms with van der Waals surface area (Å²) in [4.78, 5) is 24.5. The van der Waals surface area contributed by atoms with Gasteiger partial charge in [0.2, 0.25) is 0 Å². The molecule has 3 aromatic carbocycles. The molecule has 0 atom stereocenters. The Morgan fingerprint density at radius 3 is 2.39 bits per heavy atom. The predicted octanol–water partition coefficient (Wildman–Crippen LogP) is 4.60. The van der Waals surface area contributed by atoms with Crippen molar-refractivity contribution in [2.24, 2.45) is 5.10 Å². The molecule has 0 fully saturated rings. The molecule has 0 aliphatic heterocycles. The van der Waals surface area contributed by atoms with Crippen molar-refractivity contribution in [3.63, 3.8) is 0 Å². The number of nitrogens with one attached hydrogen (secondary N) is 2. The van der Waals surface area contributed by atoms with Gasteiger partial charge in [0.05, 0.1) is 6.21 Å². The van der Waals surface area contributed by atoms with Gasteiger partial charge in [-0.25, -0.2) is 9.82 Å². The van der Waals surface area contributed by atoms with Gasteiger partial charge in [-0.15, -0.1) is 0 Å². The zero-order valence-corrected chi connectivity index (χ0v) is 16.1. The summed E-state index contributed by atoms with van der Waals surface area (Å²) in [6.45, 7) is 0. The van der Waals surface area contributed by atoms with Crippen LogP contribution < -0.4 is 10.7 Å². The van der Waals surface area contributed by atoms with Gasteiger partial charge >= 0.3 is 0 Å². The monoisotopic (exact) mass is 439 g/mol. The summed E-state index contributed by atoms with van der Waals surface area (Å²) in [6, 6.07) is 19.1. The number of hydrogen-bond donors (Lipinski definition) is 2. The zero-order valence-electron chi connectivity index (χ0n) is 14.5. The van der Waals surface area contributed by atoms with Gasteiger partial charge in [0.1, 0.15) is 5.82 Å². The number of hydrazone groups is 1. The summed E-state index contributed by atoms with van der Waals surface area (Å²) < 4.78 is 13.9. The smallest absolute Gasteiger partial charge is 0.271 e. The molecule has 3 aromatic rings. The Labute approximate surface area is 169 Å². The van der Waals surface area contributed by atoms with Crippen LogP contribution >= 0.6 is 15.9 Å². The maximum atomic E-state index is 13.0. The molecule has 5 nitrogen and oxygen atoms in total. The molecule has 140 valence electrons. The zero-order chi connectivity index (χ0) is 19.9. The molecular formula is C21H15BrFN3O2. The van der Waals surface area contributed by atoms with Crippen LogP contribution in [0.2, 0.25) is 0 Å². The van der Waals surface area contributed by atoms with Crippen LogP contribution in [0.1, 0.15) is 26.3 Å². The summed E-state index contributed by atoms with van der Waals surface area (Å²) in [5.41, 5.74) is 4.37. The summed E-state index contributed by atoms with van der Waals surface area (Å²) >= 11 is 3.37. The molecule has 7 heteroatoms. The van der Waals surface area contributed by atoms with Crippen LogP contribution in [0.3, 0.4) is 0 Å². The van der Waals surface area contributed by atoms with Crippen molar-refractivity contribution in [2.45, 2.75) is 0 Å². The number of rotatable bonds is 5. The third-order valence-electron chi connectivity index (χ3n) is 3.72. The number of amides is 2. The fourth-order valence-electron chi connectivity index (χ4n) is 2.36. The Balaban J connectivity index is 1.64. The molecule has 0 radical (unpaired) electrons. The van der Waals surface area contributed by atoms with Crippen molar-refractivity contribution in [2.75, 3.05) is 5.32 Å². The Morgan fingerprint density at radius 2 is 1.64 bits per heavy atom. The van der Waals surface area contributed by atoms with Gasteiger partial charge in [0.25, 0.3) is 11.8 Å². The van der Waals surface area contributed by atoms with E-state index in [0.717, 1.165) is 10.0 Å². The van der Waals surface area contributed by atoms with Crippen molar-refractivity contribution in [3.8, 4) is 0 Å². The third kappa shape index (κ3) is 5.34. The lowest BCUT2D eigenvalue weighted by Crippen LogP contribution is -2.18. The number of hydrogen-bond acceptors (Lipinski definition) is 3. The second-order valence-corrected chi connectivity index (χ2v) is 6.71.